The van der Waals surface area contributed by atoms with Gasteiger partial charge in [0, 0.05) is 41.9 Å². The fraction of sp³-hybridized carbons (Fsp3) is 0.417. The molecule has 8 heteroatoms. The molecule has 0 aromatic heterocycles. The molecule has 174 valence electrons. The first kappa shape index (κ1) is 25.5. The number of likely N-dealkylation sites (N-methyl/N-ethyl adjacent to an activating group) is 1. The highest BCUT2D eigenvalue weighted by Crippen LogP contribution is 2.30. The quantitative estimate of drug-likeness (QED) is 0.436. The van der Waals surface area contributed by atoms with E-state index in [2.05, 4.69) is 29.4 Å². The Morgan fingerprint density at radius 2 is 1.75 bits per heavy atom. The van der Waals surface area contributed by atoms with E-state index >= 15 is 0 Å². The first-order valence-electron chi connectivity index (χ1n) is 10.8. The summed E-state index contributed by atoms with van der Waals surface area (Å²) in [5.74, 6) is 0.883. The van der Waals surface area contributed by atoms with Crippen molar-refractivity contribution in [2.24, 2.45) is 0 Å². The largest absolute Gasteiger partial charge is 0.493 e. The number of anilines is 1. The van der Waals surface area contributed by atoms with Gasteiger partial charge in [-0.15, -0.1) is 0 Å². The summed E-state index contributed by atoms with van der Waals surface area (Å²) < 4.78 is 11.2. The summed E-state index contributed by atoms with van der Waals surface area (Å²) in [4.78, 5) is 26.6. The van der Waals surface area contributed by atoms with E-state index < -0.39 is 0 Å². The molecule has 0 spiro atoms. The van der Waals surface area contributed by atoms with E-state index in [-0.39, 0.29) is 18.2 Å². The number of hydrogen-bond donors (Lipinski definition) is 2. The van der Waals surface area contributed by atoms with Gasteiger partial charge in [-0.3, -0.25) is 9.59 Å². The Morgan fingerprint density at radius 1 is 1.03 bits per heavy atom. The lowest BCUT2D eigenvalue weighted by Crippen LogP contribution is -2.28. The van der Waals surface area contributed by atoms with Gasteiger partial charge in [0.1, 0.15) is 6.61 Å². The molecule has 0 unspecified atom stereocenters. The zero-order valence-corrected chi connectivity index (χ0v) is 19.7. The van der Waals surface area contributed by atoms with Gasteiger partial charge in [0.25, 0.3) is 5.91 Å². The van der Waals surface area contributed by atoms with E-state index in [0.717, 1.165) is 19.6 Å². The topological polar surface area (TPSA) is 79.9 Å². The Labute approximate surface area is 195 Å². The third-order valence-corrected chi connectivity index (χ3v) is 5.23. The molecular weight excluding hydrogens is 430 g/mol. The number of nitrogens with zero attached hydrogens (tertiary/aromatic N) is 1. The second kappa shape index (κ2) is 13.6. The minimum absolute atomic E-state index is 0.134. The van der Waals surface area contributed by atoms with Crippen molar-refractivity contribution >= 4 is 29.1 Å². The van der Waals surface area contributed by atoms with Crippen molar-refractivity contribution in [3.05, 3.63) is 53.1 Å². The van der Waals surface area contributed by atoms with Crippen molar-refractivity contribution in [3.63, 3.8) is 0 Å². The second-order valence-electron chi connectivity index (χ2n) is 7.16. The van der Waals surface area contributed by atoms with Gasteiger partial charge >= 0.3 is 0 Å². The van der Waals surface area contributed by atoms with Crippen LogP contribution in [0.3, 0.4) is 0 Å². The van der Waals surface area contributed by atoms with Gasteiger partial charge < -0.3 is 25.0 Å². The minimum atomic E-state index is -0.191. The van der Waals surface area contributed by atoms with E-state index in [1.807, 2.05) is 0 Å². The van der Waals surface area contributed by atoms with Gasteiger partial charge in [0.15, 0.2) is 11.5 Å². The average Bonchev–Trinajstić information content (AvgIpc) is 2.80. The third-order valence-electron chi connectivity index (χ3n) is 4.98. The van der Waals surface area contributed by atoms with Crippen molar-refractivity contribution in [2.75, 3.05) is 45.2 Å². The average molecular weight is 462 g/mol. The molecule has 0 fully saturated rings. The number of amides is 2. The fourth-order valence-electron chi connectivity index (χ4n) is 3.07. The number of ether oxygens (including phenoxy) is 2. The first-order valence-corrected chi connectivity index (χ1v) is 11.2. The second-order valence-corrected chi connectivity index (χ2v) is 7.59. The third kappa shape index (κ3) is 8.40. The maximum atomic E-state index is 12.3. The Hall–Kier alpha value is -2.77. The summed E-state index contributed by atoms with van der Waals surface area (Å²) in [6.45, 7) is 7.90. The van der Waals surface area contributed by atoms with Crippen LogP contribution in [0.5, 0.6) is 11.5 Å². The van der Waals surface area contributed by atoms with Crippen molar-refractivity contribution in [2.45, 2.75) is 26.7 Å². The van der Waals surface area contributed by atoms with Gasteiger partial charge in [-0.05, 0) is 55.9 Å². The Morgan fingerprint density at radius 3 is 2.41 bits per heavy atom. The van der Waals surface area contributed by atoms with Gasteiger partial charge in [-0.2, -0.15) is 0 Å². The van der Waals surface area contributed by atoms with Crippen molar-refractivity contribution in [1.82, 2.24) is 10.2 Å². The van der Waals surface area contributed by atoms with Crippen LogP contribution < -0.4 is 20.1 Å². The molecule has 32 heavy (non-hydrogen) atoms. The van der Waals surface area contributed by atoms with Crippen LogP contribution in [-0.2, 0) is 4.79 Å². The lowest BCUT2D eigenvalue weighted by molar-refractivity contribution is -0.116. The zero-order chi connectivity index (χ0) is 23.3. The van der Waals surface area contributed by atoms with Crippen LogP contribution in [0.1, 0.15) is 37.0 Å². The Kier molecular flexibility index (Phi) is 10.8. The molecule has 0 heterocycles. The Balaban J connectivity index is 1.79. The molecule has 0 saturated carbocycles. The number of carbonyl (C=O) groups excluding carboxylic acids is 2. The van der Waals surface area contributed by atoms with E-state index in [0.29, 0.717) is 47.3 Å². The smallest absolute Gasteiger partial charge is 0.251 e. The van der Waals surface area contributed by atoms with Crippen LogP contribution in [0.2, 0.25) is 5.02 Å². The summed E-state index contributed by atoms with van der Waals surface area (Å²) in [6.07, 6.45) is 0.805. The predicted octanol–water partition coefficient (Wildman–Crippen LogP) is 4.22. The highest BCUT2D eigenvalue weighted by molar-refractivity contribution is 6.30. The van der Waals surface area contributed by atoms with Crippen molar-refractivity contribution < 1.29 is 19.1 Å². The molecule has 2 aromatic rings. The number of hydrogen-bond acceptors (Lipinski definition) is 5. The van der Waals surface area contributed by atoms with Gasteiger partial charge in [0.2, 0.25) is 5.91 Å². The monoisotopic (exact) mass is 461 g/mol. The van der Waals surface area contributed by atoms with E-state index in [4.69, 9.17) is 21.1 Å². The molecule has 0 atom stereocenters. The summed E-state index contributed by atoms with van der Waals surface area (Å²) >= 11 is 5.83. The summed E-state index contributed by atoms with van der Waals surface area (Å²) in [5.41, 5.74) is 1.17. The van der Waals surface area contributed by atoms with Crippen LogP contribution in [0.25, 0.3) is 0 Å². The molecule has 0 bridgehead atoms. The number of carbonyl (C=O) groups is 2. The molecule has 0 aliphatic heterocycles. The van der Waals surface area contributed by atoms with Crippen LogP contribution >= 0.6 is 11.6 Å². The van der Waals surface area contributed by atoms with E-state index in [9.17, 15) is 9.59 Å². The number of rotatable bonds is 13. The normalized spacial score (nSPS) is 10.7. The summed E-state index contributed by atoms with van der Waals surface area (Å²) in [7, 11) is 1.59. The summed E-state index contributed by atoms with van der Waals surface area (Å²) in [6, 6.07) is 12.0. The molecule has 2 N–H and O–H groups in total. The lowest BCUT2D eigenvalue weighted by atomic mass is 10.2. The highest BCUT2D eigenvalue weighted by atomic mass is 35.5. The summed E-state index contributed by atoms with van der Waals surface area (Å²) in [5, 5.41) is 6.25. The van der Waals surface area contributed by atoms with Crippen LogP contribution in [0.15, 0.2) is 42.5 Å². The molecule has 0 radical (unpaired) electrons. The predicted molar refractivity (Wildman–Crippen MR) is 128 cm³/mol. The van der Waals surface area contributed by atoms with Gasteiger partial charge in [0.05, 0.1) is 7.11 Å². The van der Waals surface area contributed by atoms with Crippen LogP contribution in [-0.4, -0.2) is 56.6 Å². The lowest BCUT2D eigenvalue weighted by Gasteiger charge is -2.19. The first-order chi connectivity index (χ1) is 15.5. The molecule has 0 aliphatic carbocycles. The number of nitrogens with one attached hydrogen (secondary N) is 2. The molecule has 2 aromatic carbocycles. The fourth-order valence-corrected chi connectivity index (χ4v) is 3.20. The molecule has 2 amide bonds. The van der Waals surface area contributed by atoms with Gasteiger partial charge in [-0.25, -0.2) is 0 Å². The maximum Gasteiger partial charge on any atom is 0.251 e. The molecule has 2 rings (SSSR count). The SMILES string of the molecule is CCN(CC)CCOc1cc(NC(=O)CCCNC(=O)c2ccc(Cl)cc2)ccc1OC. The van der Waals surface area contributed by atoms with Crippen LogP contribution in [0.4, 0.5) is 5.69 Å². The highest BCUT2D eigenvalue weighted by Gasteiger charge is 2.10. The standard InChI is InChI=1S/C24H32ClN3O4/c1-4-28(5-2)15-16-32-22-17-20(12-13-21(22)31-3)27-23(29)7-6-14-26-24(30)18-8-10-19(25)11-9-18/h8-13,17H,4-7,14-16H2,1-3H3,(H,26,30)(H,27,29). The zero-order valence-electron chi connectivity index (χ0n) is 18.9. The van der Waals surface area contributed by atoms with E-state index in [1.54, 1.807) is 49.6 Å². The maximum absolute atomic E-state index is 12.3. The molecule has 7 nitrogen and oxygen atoms in total. The molecule has 0 aliphatic rings. The molecular formula is C24H32ClN3O4. The molecule has 0 saturated heterocycles. The van der Waals surface area contributed by atoms with Crippen molar-refractivity contribution in [3.8, 4) is 11.5 Å². The number of benzene rings is 2. The van der Waals surface area contributed by atoms with Gasteiger partial charge in [-0.1, -0.05) is 25.4 Å². The van der Waals surface area contributed by atoms with Crippen molar-refractivity contribution in [1.29, 1.82) is 0 Å². The Bertz CT molecular complexity index is 870. The van der Waals surface area contributed by atoms with Crippen LogP contribution in [0, 0.1) is 0 Å². The minimum Gasteiger partial charge on any atom is -0.493 e. The number of methoxy groups -OCH3 is 1. The van der Waals surface area contributed by atoms with E-state index in [1.165, 1.54) is 0 Å². The number of halogens is 1.